The van der Waals surface area contributed by atoms with Gasteiger partial charge >= 0.3 is 0 Å². The number of likely N-dealkylation sites (tertiary alicyclic amines) is 1. The molecular formula is C22H30N4O2S. The monoisotopic (exact) mass is 414 g/mol. The van der Waals surface area contributed by atoms with Gasteiger partial charge in [-0.05, 0) is 39.2 Å². The van der Waals surface area contributed by atoms with Crippen molar-refractivity contribution in [1.29, 1.82) is 0 Å². The van der Waals surface area contributed by atoms with Crippen LogP contribution in [0.4, 0.5) is 0 Å². The molecule has 1 aliphatic rings. The maximum absolute atomic E-state index is 13.3. The fourth-order valence-corrected chi connectivity index (χ4v) is 4.63. The van der Waals surface area contributed by atoms with Gasteiger partial charge in [-0.15, -0.1) is 11.3 Å². The molecule has 7 heteroatoms. The average molecular weight is 415 g/mol. The molecular weight excluding hydrogens is 384 g/mol. The van der Waals surface area contributed by atoms with Gasteiger partial charge in [0.15, 0.2) is 0 Å². The Bertz CT molecular complexity index is 811. The highest BCUT2D eigenvalue weighted by atomic mass is 32.1. The van der Waals surface area contributed by atoms with Crippen LogP contribution < -0.4 is 5.32 Å². The standard InChI is InChI=1S/C22H30N4O2S/c1-4-25(5-2)22(28)19(17-9-7-6-8-10-17)26-13-11-18(12-14-26)24-21(27)20-16(3)23-15-29-20/h6-10,15,18-19H,4-5,11-14H2,1-3H3,(H,24,27). The van der Waals surface area contributed by atoms with Crippen molar-refractivity contribution in [1.82, 2.24) is 20.1 Å². The summed E-state index contributed by atoms with van der Waals surface area (Å²) in [5.74, 6) is 0.117. The number of thiazole rings is 1. The number of hydrogen-bond donors (Lipinski definition) is 1. The first-order chi connectivity index (χ1) is 14.0. The number of benzene rings is 1. The normalized spacial score (nSPS) is 16.4. The lowest BCUT2D eigenvalue weighted by atomic mass is 9.98. The third-order valence-electron chi connectivity index (χ3n) is 5.61. The summed E-state index contributed by atoms with van der Waals surface area (Å²) >= 11 is 1.38. The number of carbonyl (C=O) groups excluding carboxylic acids is 2. The van der Waals surface area contributed by atoms with Crippen molar-refractivity contribution in [2.45, 2.75) is 45.7 Å². The Balaban J connectivity index is 1.67. The molecule has 1 aliphatic heterocycles. The second kappa shape index (κ2) is 9.98. The van der Waals surface area contributed by atoms with Crippen molar-refractivity contribution in [2.24, 2.45) is 0 Å². The van der Waals surface area contributed by atoms with Gasteiger partial charge in [-0.1, -0.05) is 30.3 Å². The second-order valence-corrected chi connectivity index (χ2v) is 8.23. The molecule has 0 spiro atoms. The molecule has 3 rings (SSSR count). The van der Waals surface area contributed by atoms with Crippen LogP contribution in [0.5, 0.6) is 0 Å². The smallest absolute Gasteiger partial charge is 0.263 e. The molecule has 2 aromatic rings. The van der Waals surface area contributed by atoms with Gasteiger partial charge < -0.3 is 10.2 Å². The first-order valence-electron chi connectivity index (χ1n) is 10.3. The first kappa shape index (κ1) is 21.5. The van der Waals surface area contributed by atoms with E-state index in [1.807, 2.05) is 56.0 Å². The van der Waals surface area contributed by atoms with E-state index >= 15 is 0 Å². The van der Waals surface area contributed by atoms with Crippen LogP contribution in [-0.2, 0) is 4.79 Å². The summed E-state index contributed by atoms with van der Waals surface area (Å²) in [6, 6.07) is 9.88. The lowest BCUT2D eigenvalue weighted by molar-refractivity contribution is -0.137. The molecule has 0 aliphatic carbocycles. The Labute approximate surface area is 176 Å². The minimum atomic E-state index is -0.267. The van der Waals surface area contributed by atoms with E-state index in [0.29, 0.717) is 18.0 Å². The summed E-state index contributed by atoms with van der Waals surface area (Å²) in [6.07, 6.45) is 1.66. The number of aromatic nitrogens is 1. The Morgan fingerprint density at radius 3 is 2.41 bits per heavy atom. The quantitative estimate of drug-likeness (QED) is 0.755. The number of hydrogen-bond acceptors (Lipinski definition) is 5. The van der Waals surface area contributed by atoms with Crippen molar-refractivity contribution in [3.8, 4) is 0 Å². The second-order valence-electron chi connectivity index (χ2n) is 7.37. The van der Waals surface area contributed by atoms with Crippen molar-refractivity contribution in [2.75, 3.05) is 26.2 Å². The molecule has 1 aromatic heterocycles. The topological polar surface area (TPSA) is 65.5 Å². The zero-order valence-electron chi connectivity index (χ0n) is 17.4. The molecule has 1 unspecified atom stereocenters. The van der Waals surface area contributed by atoms with E-state index in [1.165, 1.54) is 11.3 Å². The molecule has 29 heavy (non-hydrogen) atoms. The van der Waals surface area contributed by atoms with Crippen molar-refractivity contribution in [3.63, 3.8) is 0 Å². The van der Waals surface area contributed by atoms with Gasteiger partial charge in [0.25, 0.3) is 5.91 Å². The van der Waals surface area contributed by atoms with Gasteiger partial charge in [0.05, 0.1) is 11.2 Å². The highest BCUT2D eigenvalue weighted by Gasteiger charge is 2.33. The number of aryl methyl sites for hydroxylation is 1. The van der Waals surface area contributed by atoms with E-state index < -0.39 is 0 Å². The van der Waals surface area contributed by atoms with Crippen LogP contribution in [0.15, 0.2) is 35.8 Å². The summed E-state index contributed by atoms with van der Waals surface area (Å²) in [6.45, 7) is 8.87. The largest absolute Gasteiger partial charge is 0.348 e. The molecule has 1 atom stereocenters. The van der Waals surface area contributed by atoms with Gasteiger partial charge in [-0.3, -0.25) is 14.5 Å². The lowest BCUT2D eigenvalue weighted by Crippen LogP contribution is -2.49. The maximum atomic E-state index is 13.3. The summed E-state index contributed by atoms with van der Waals surface area (Å²) in [7, 11) is 0. The van der Waals surface area contributed by atoms with Gasteiger partial charge in [-0.25, -0.2) is 4.98 Å². The summed E-state index contributed by atoms with van der Waals surface area (Å²) in [5, 5.41) is 3.15. The highest BCUT2D eigenvalue weighted by Crippen LogP contribution is 2.27. The third kappa shape index (κ3) is 5.03. The summed E-state index contributed by atoms with van der Waals surface area (Å²) in [5.41, 5.74) is 3.52. The molecule has 1 saturated heterocycles. The summed E-state index contributed by atoms with van der Waals surface area (Å²) in [4.78, 5) is 34.8. The Morgan fingerprint density at radius 2 is 1.86 bits per heavy atom. The molecule has 1 aromatic carbocycles. The third-order valence-corrected chi connectivity index (χ3v) is 6.53. The van der Waals surface area contributed by atoms with Gasteiger partial charge in [0.1, 0.15) is 10.9 Å². The molecule has 0 saturated carbocycles. The van der Waals surface area contributed by atoms with Crippen LogP contribution in [-0.4, -0.2) is 58.8 Å². The van der Waals surface area contributed by atoms with Crippen LogP contribution in [0.25, 0.3) is 0 Å². The summed E-state index contributed by atoms with van der Waals surface area (Å²) < 4.78 is 0. The number of amides is 2. The molecule has 0 bridgehead atoms. The predicted octanol–water partition coefficient (Wildman–Crippen LogP) is 3.26. The van der Waals surface area contributed by atoms with Crippen LogP contribution in [0.3, 0.4) is 0 Å². The molecule has 1 fully saturated rings. The Kier molecular flexibility index (Phi) is 7.39. The minimum Gasteiger partial charge on any atom is -0.348 e. The fraction of sp³-hybridized carbons (Fsp3) is 0.500. The molecule has 0 radical (unpaired) electrons. The van der Waals surface area contributed by atoms with E-state index in [1.54, 1.807) is 5.51 Å². The number of nitrogens with zero attached hydrogens (tertiary/aromatic N) is 3. The average Bonchev–Trinajstić information content (AvgIpc) is 3.17. The number of nitrogens with one attached hydrogen (secondary N) is 1. The molecule has 156 valence electrons. The van der Waals surface area contributed by atoms with E-state index in [0.717, 1.165) is 37.2 Å². The van der Waals surface area contributed by atoms with E-state index in [9.17, 15) is 9.59 Å². The Morgan fingerprint density at radius 1 is 1.21 bits per heavy atom. The minimum absolute atomic E-state index is 0.0396. The van der Waals surface area contributed by atoms with Crippen LogP contribution in [0.2, 0.25) is 0 Å². The SMILES string of the molecule is CCN(CC)C(=O)C(c1ccccc1)N1CCC(NC(=O)c2scnc2C)CC1. The first-order valence-corrected chi connectivity index (χ1v) is 11.2. The van der Waals surface area contributed by atoms with Crippen molar-refractivity contribution in [3.05, 3.63) is 52.0 Å². The maximum Gasteiger partial charge on any atom is 0.263 e. The van der Waals surface area contributed by atoms with E-state index in [4.69, 9.17) is 0 Å². The zero-order chi connectivity index (χ0) is 20.8. The molecule has 6 nitrogen and oxygen atoms in total. The van der Waals surface area contributed by atoms with Gasteiger partial charge in [0.2, 0.25) is 5.91 Å². The van der Waals surface area contributed by atoms with E-state index in [-0.39, 0.29) is 23.9 Å². The number of carbonyl (C=O) groups is 2. The lowest BCUT2D eigenvalue weighted by Gasteiger charge is -2.39. The van der Waals surface area contributed by atoms with Crippen LogP contribution >= 0.6 is 11.3 Å². The van der Waals surface area contributed by atoms with Gasteiger partial charge in [-0.2, -0.15) is 0 Å². The molecule has 1 N–H and O–H groups in total. The van der Waals surface area contributed by atoms with Crippen molar-refractivity contribution >= 4 is 23.2 Å². The molecule has 2 amide bonds. The number of piperidine rings is 1. The predicted molar refractivity (Wildman–Crippen MR) is 116 cm³/mol. The van der Waals surface area contributed by atoms with Crippen LogP contribution in [0, 0.1) is 6.92 Å². The van der Waals surface area contributed by atoms with Crippen molar-refractivity contribution < 1.29 is 9.59 Å². The zero-order valence-corrected chi connectivity index (χ0v) is 18.2. The van der Waals surface area contributed by atoms with Gasteiger partial charge in [0, 0.05) is 32.2 Å². The number of rotatable bonds is 7. The molecule has 2 heterocycles. The van der Waals surface area contributed by atoms with E-state index in [2.05, 4.69) is 15.2 Å². The number of likely N-dealkylation sites (N-methyl/N-ethyl adjacent to an activating group) is 1. The highest BCUT2D eigenvalue weighted by molar-refractivity contribution is 7.11. The Hall–Kier alpha value is -2.25. The fourth-order valence-electron chi connectivity index (χ4n) is 3.93. The van der Waals surface area contributed by atoms with Crippen LogP contribution in [0.1, 0.15) is 53.7 Å².